The monoisotopic (exact) mass is 330 g/mol. The Bertz CT molecular complexity index is 616. The Kier molecular flexibility index (Phi) is 5.31. The lowest BCUT2D eigenvalue weighted by Crippen LogP contribution is -2.30. The molecule has 0 aromatic carbocycles. The van der Waals surface area contributed by atoms with Crippen LogP contribution in [0.1, 0.15) is 10.6 Å². The Morgan fingerprint density at radius 3 is 2.77 bits per heavy atom. The molecule has 0 saturated heterocycles. The molecule has 0 spiro atoms. The average molecular weight is 330 g/mol. The number of thiophene rings is 1. The third kappa shape index (κ3) is 4.99. The van der Waals surface area contributed by atoms with Crippen molar-refractivity contribution in [2.45, 2.75) is 12.6 Å². The van der Waals surface area contributed by atoms with Gasteiger partial charge in [0.2, 0.25) is 11.9 Å². The van der Waals surface area contributed by atoms with Gasteiger partial charge in [-0.1, -0.05) is 6.07 Å². The number of anilines is 1. The highest BCUT2D eigenvalue weighted by Crippen LogP contribution is 2.27. The summed E-state index contributed by atoms with van der Waals surface area (Å²) in [6.45, 7) is 0.501. The van der Waals surface area contributed by atoms with Crippen molar-refractivity contribution in [2.24, 2.45) is 0 Å². The van der Waals surface area contributed by atoms with Crippen LogP contribution in [0.5, 0.6) is 0 Å². The number of nitrogens with one attached hydrogen (secondary N) is 2. The second-order valence-electron chi connectivity index (χ2n) is 4.30. The van der Waals surface area contributed by atoms with E-state index in [-0.39, 0.29) is 31.4 Å². The van der Waals surface area contributed by atoms with Crippen LogP contribution in [0, 0.1) is 0 Å². The lowest BCUT2D eigenvalue weighted by Gasteiger charge is -2.09. The predicted molar refractivity (Wildman–Crippen MR) is 76.6 cm³/mol. The maximum atomic E-state index is 12.5. The van der Waals surface area contributed by atoms with Gasteiger partial charge in [0, 0.05) is 24.2 Å². The summed E-state index contributed by atoms with van der Waals surface area (Å²) in [7, 11) is 0. The van der Waals surface area contributed by atoms with Crippen molar-refractivity contribution in [2.75, 3.05) is 18.4 Å². The van der Waals surface area contributed by atoms with Crippen LogP contribution in [-0.2, 0) is 17.4 Å². The average Bonchev–Trinajstić information content (AvgIpc) is 2.96. The summed E-state index contributed by atoms with van der Waals surface area (Å²) in [4.78, 5) is 19.6. The van der Waals surface area contributed by atoms with Crippen molar-refractivity contribution >= 4 is 23.2 Å². The van der Waals surface area contributed by atoms with Crippen molar-refractivity contribution in [1.82, 2.24) is 15.3 Å². The van der Waals surface area contributed by atoms with E-state index in [1.807, 2.05) is 17.5 Å². The maximum Gasteiger partial charge on any atom is 0.433 e. The molecular weight excluding hydrogens is 317 g/mol. The third-order valence-corrected chi connectivity index (χ3v) is 3.47. The molecule has 0 saturated carbocycles. The predicted octanol–water partition coefficient (Wildman–Crippen LogP) is 2.33. The first kappa shape index (κ1) is 16.2. The molecule has 2 aromatic rings. The summed E-state index contributed by atoms with van der Waals surface area (Å²) in [5.41, 5.74) is -1.01. The molecular formula is C13H13F3N4OS. The number of hydrogen-bond acceptors (Lipinski definition) is 5. The van der Waals surface area contributed by atoms with E-state index in [1.54, 1.807) is 0 Å². The smallest absolute Gasteiger partial charge is 0.354 e. The molecule has 22 heavy (non-hydrogen) atoms. The standard InChI is InChI=1S/C13H13F3N4OS/c14-13(15,16)10-3-4-18-12(20-10)19-6-5-17-11(21)8-9-2-1-7-22-9/h1-4,7H,5-6,8H2,(H,17,21)(H,18,19,20). The van der Waals surface area contributed by atoms with Crippen LogP contribution in [0.25, 0.3) is 0 Å². The number of rotatable bonds is 6. The van der Waals surface area contributed by atoms with Crippen molar-refractivity contribution in [3.05, 3.63) is 40.3 Å². The zero-order valence-corrected chi connectivity index (χ0v) is 12.2. The highest BCUT2D eigenvalue weighted by atomic mass is 32.1. The largest absolute Gasteiger partial charge is 0.433 e. The number of alkyl halides is 3. The number of hydrogen-bond donors (Lipinski definition) is 2. The number of halogens is 3. The fourth-order valence-corrected chi connectivity index (χ4v) is 2.32. The Labute approximate surface area is 128 Å². The van der Waals surface area contributed by atoms with Gasteiger partial charge in [0.15, 0.2) is 0 Å². The second-order valence-corrected chi connectivity index (χ2v) is 5.33. The van der Waals surface area contributed by atoms with Crippen LogP contribution < -0.4 is 10.6 Å². The molecule has 0 unspecified atom stereocenters. The number of amides is 1. The van der Waals surface area contributed by atoms with Crippen molar-refractivity contribution in [3.8, 4) is 0 Å². The fraction of sp³-hybridized carbons (Fsp3) is 0.308. The maximum absolute atomic E-state index is 12.5. The zero-order valence-electron chi connectivity index (χ0n) is 11.4. The minimum Gasteiger partial charge on any atom is -0.354 e. The molecule has 5 nitrogen and oxygen atoms in total. The molecule has 9 heteroatoms. The summed E-state index contributed by atoms with van der Waals surface area (Å²) in [5.74, 6) is -0.267. The Hall–Kier alpha value is -2.16. The molecule has 2 heterocycles. The molecule has 0 fully saturated rings. The van der Waals surface area contributed by atoms with Gasteiger partial charge in [-0.05, 0) is 17.5 Å². The second kappa shape index (κ2) is 7.21. The Balaban J connectivity index is 1.73. The highest BCUT2D eigenvalue weighted by Gasteiger charge is 2.32. The van der Waals surface area contributed by atoms with Gasteiger partial charge >= 0.3 is 6.18 Å². The van der Waals surface area contributed by atoms with E-state index in [9.17, 15) is 18.0 Å². The number of carbonyl (C=O) groups is 1. The first-order chi connectivity index (χ1) is 10.4. The normalized spacial score (nSPS) is 11.2. The molecule has 1 amide bonds. The van der Waals surface area contributed by atoms with Gasteiger partial charge in [-0.3, -0.25) is 4.79 Å². The summed E-state index contributed by atoms with van der Waals surface area (Å²) < 4.78 is 37.4. The molecule has 0 radical (unpaired) electrons. The summed E-state index contributed by atoms with van der Waals surface area (Å²) in [6.07, 6.45) is -3.18. The van der Waals surface area contributed by atoms with E-state index in [2.05, 4.69) is 20.6 Å². The Morgan fingerprint density at radius 2 is 2.09 bits per heavy atom. The SMILES string of the molecule is O=C(Cc1cccs1)NCCNc1nccc(C(F)(F)F)n1. The molecule has 0 aliphatic heterocycles. The molecule has 118 valence electrons. The lowest BCUT2D eigenvalue weighted by atomic mass is 10.3. The van der Waals surface area contributed by atoms with Crippen molar-refractivity contribution < 1.29 is 18.0 Å². The number of aromatic nitrogens is 2. The molecule has 0 atom stereocenters. The van der Waals surface area contributed by atoms with E-state index in [0.29, 0.717) is 0 Å². The third-order valence-electron chi connectivity index (χ3n) is 2.59. The van der Waals surface area contributed by atoms with Gasteiger partial charge < -0.3 is 10.6 Å². The summed E-state index contributed by atoms with van der Waals surface area (Å²) in [6, 6.07) is 4.52. The van der Waals surface area contributed by atoms with Crippen LogP contribution in [-0.4, -0.2) is 29.0 Å². The molecule has 0 aliphatic carbocycles. The van der Waals surface area contributed by atoms with Gasteiger partial charge in [0.1, 0.15) is 5.69 Å². The minimum absolute atomic E-state index is 0.123. The van der Waals surface area contributed by atoms with E-state index in [4.69, 9.17) is 0 Å². The van der Waals surface area contributed by atoms with E-state index in [0.717, 1.165) is 17.1 Å². The minimum atomic E-state index is -4.51. The van der Waals surface area contributed by atoms with Gasteiger partial charge in [-0.25, -0.2) is 9.97 Å². The van der Waals surface area contributed by atoms with Crippen LogP contribution in [0.3, 0.4) is 0 Å². The van der Waals surface area contributed by atoms with Crippen LogP contribution in [0.2, 0.25) is 0 Å². The van der Waals surface area contributed by atoms with Crippen molar-refractivity contribution in [1.29, 1.82) is 0 Å². The number of carbonyl (C=O) groups excluding carboxylic acids is 1. The first-order valence-electron chi connectivity index (χ1n) is 6.38. The van der Waals surface area contributed by atoms with Crippen LogP contribution >= 0.6 is 11.3 Å². The quantitative estimate of drug-likeness (QED) is 0.798. The molecule has 0 bridgehead atoms. The number of nitrogens with zero attached hydrogens (tertiary/aromatic N) is 2. The molecule has 2 rings (SSSR count). The van der Waals surface area contributed by atoms with Crippen LogP contribution in [0.4, 0.5) is 19.1 Å². The topological polar surface area (TPSA) is 66.9 Å². The van der Waals surface area contributed by atoms with Crippen molar-refractivity contribution in [3.63, 3.8) is 0 Å². The van der Waals surface area contributed by atoms with E-state index >= 15 is 0 Å². The molecule has 0 aliphatic rings. The molecule has 2 aromatic heterocycles. The molecule has 2 N–H and O–H groups in total. The highest BCUT2D eigenvalue weighted by molar-refractivity contribution is 7.10. The Morgan fingerprint density at radius 1 is 1.27 bits per heavy atom. The zero-order chi connectivity index (χ0) is 16.0. The van der Waals surface area contributed by atoms with E-state index in [1.165, 1.54) is 11.3 Å². The van der Waals surface area contributed by atoms with Gasteiger partial charge in [0.05, 0.1) is 6.42 Å². The lowest BCUT2D eigenvalue weighted by molar-refractivity contribution is -0.141. The fourth-order valence-electron chi connectivity index (χ4n) is 1.61. The van der Waals surface area contributed by atoms with Gasteiger partial charge in [0.25, 0.3) is 0 Å². The van der Waals surface area contributed by atoms with E-state index < -0.39 is 11.9 Å². The van der Waals surface area contributed by atoms with Crippen LogP contribution in [0.15, 0.2) is 29.8 Å². The van der Waals surface area contributed by atoms with Gasteiger partial charge in [-0.2, -0.15) is 13.2 Å². The first-order valence-corrected chi connectivity index (χ1v) is 7.26. The summed E-state index contributed by atoms with van der Waals surface area (Å²) in [5, 5.41) is 7.18. The summed E-state index contributed by atoms with van der Waals surface area (Å²) >= 11 is 1.49. The van der Waals surface area contributed by atoms with Gasteiger partial charge in [-0.15, -0.1) is 11.3 Å².